The summed E-state index contributed by atoms with van der Waals surface area (Å²) < 4.78 is 27.7. The standard InChI is InChI=1S/C29H40F2N4O4/c1-6-8-35(9-7-2)29(39)22-11-18(3)10-21(15-22)28(38)34-25(14-20-12-23(30)16-24(31)13-20)26(36)17-33-19(4)27(37)32-5/h10-13,15-16,19,25-26,33,36H,6-9,14,17H2,1-5H3,(H,32,37)(H,34,38)/t19-,25-,26+/m0/s1. The van der Waals surface area contributed by atoms with Crippen molar-refractivity contribution in [3.8, 4) is 0 Å². The van der Waals surface area contributed by atoms with Gasteiger partial charge >= 0.3 is 0 Å². The SMILES string of the molecule is CCCN(CCC)C(=O)c1cc(C)cc(C(=O)N[C@@H](Cc2cc(F)cc(F)c2)[C@H](O)CN[C@@H](C)C(=O)NC)c1. The summed E-state index contributed by atoms with van der Waals surface area (Å²) in [5, 5.41) is 19.1. The highest BCUT2D eigenvalue weighted by atomic mass is 19.1. The van der Waals surface area contributed by atoms with Crippen LogP contribution in [0.25, 0.3) is 0 Å². The van der Waals surface area contributed by atoms with Crippen molar-refractivity contribution in [2.45, 2.75) is 65.1 Å². The summed E-state index contributed by atoms with van der Waals surface area (Å²) in [7, 11) is 1.49. The summed E-state index contributed by atoms with van der Waals surface area (Å²) in [5.41, 5.74) is 1.56. The number of carbonyl (C=O) groups excluding carboxylic acids is 3. The molecule has 0 aliphatic carbocycles. The minimum atomic E-state index is -1.21. The lowest BCUT2D eigenvalue weighted by atomic mass is 9.99. The minimum absolute atomic E-state index is 0.0715. The van der Waals surface area contributed by atoms with E-state index in [2.05, 4.69) is 16.0 Å². The van der Waals surface area contributed by atoms with Gasteiger partial charge in [-0.3, -0.25) is 14.4 Å². The molecular formula is C29H40F2N4O4. The Kier molecular flexibility index (Phi) is 12.5. The molecule has 0 aliphatic heterocycles. The van der Waals surface area contributed by atoms with E-state index >= 15 is 0 Å². The van der Waals surface area contributed by atoms with Crippen LogP contribution in [0.15, 0.2) is 36.4 Å². The summed E-state index contributed by atoms with van der Waals surface area (Å²) in [4.78, 5) is 40.1. The van der Waals surface area contributed by atoms with E-state index in [0.717, 1.165) is 31.0 Å². The first kappa shape index (κ1) is 31.8. The van der Waals surface area contributed by atoms with Gasteiger partial charge < -0.3 is 26.0 Å². The van der Waals surface area contributed by atoms with Gasteiger partial charge in [0.25, 0.3) is 11.8 Å². The van der Waals surface area contributed by atoms with Crippen LogP contribution in [0, 0.1) is 18.6 Å². The number of amides is 3. The highest BCUT2D eigenvalue weighted by molar-refractivity contribution is 6.00. The van der Waals surface area contributed by atoms with Crippen LogP contribution in [0.4, 0.5) is 8.78 Å². The Bertz CT molecular complexity index is 1120. The summed E-state index contributed by atoms with van der Waals surface area (Å²) in [6.45, 7) is 8.51. The molecule has 0 unspecified atom stereocenters. The second-order valence-corrected chi connectivity index (χ2v) is 9.75. The number of rotatable bonds is 14. The number of halogens is 2. The van der Waals surface area contributed by atoms with Crippen LogP contribution in [-0.4, -0.2) is 72.6 Å². The van der Waals surface area contributed by atoms with Gasteiger partial charge in [0.15, 0.2) is 0 Å². The smallest absolute Gasteiger partial charge is 0.253 e. The van der Waals surface area contributed by atoms with E-state index in [1.54, 1.807) is 30.9 Å². The van der Waals surface area contributed by atoms with Gasteiger partial charge in [0.2, 0.25) is 5.91 Å². The van der Waals surface area contributed by atoms with E-state index in [9.17, 15) is 28.3 Å². The van der Waals surface area contributed by atoms with Crippen molar-refractivity contribution in [3.63, 3.8) is 0 Å². The number of aliphatic hydroxyl groups excluding tert-OH is 1. The van der Waals surface area contributed by atoms with Crippen LogP contribution in [0.5, 0.6) is 0 Å². The highest BCUT2D eigenvalue weighted by Crippen LogP contribution is 2.16. The third kappa shape index (κ3) is 9.71. The van der Waals surface area contributed by atoms with E-state index in [4.69, 9.17) is 0 Å². The maximum Gasteiger partial charge on any atom is 0.253 e. The molecule has 0 aliphatic rings. The average Bonchev–Trinajstić information content (AvgIpc) is 2.89. The lowest BCUT2D eigenvalue weighted by Crippen LogP contribution is -2.51. The fraction of sp³-hybridized carbons (Fsp3) is 0.483. The Morgan fingerprint density at radius 2 is 1.54 bits per heavy atom. The zero-order valence-corrected chi connectivity index (χ0v) is 23.3. The van der Waals surface area contributed by atoms with E-state index < -0.39 is 35.7 Å². The van der Waals surface area contributed by atoms with Crippen molar-refractivity contribution >= 4 is 17.7 Å². The molecule has 8 nitrogen and oxygen atoms in total. The molecule has 2 rings (SSSR count). The molecule has 0 fully saturated rings. The molecule has 0 saturated carbocycles. The average molecular weight is 547 g/mol. The Hall–Kier alpha value is -3.37. The number of nitrogens with zero attached hydrogens (tertiary/aromatic N) is 1. The predicted molar refractivity (Wildman–Crippen MR) is 147 cm³/mol. The lowest BCUT2D eigenvalue weighted by molar-refractivity contribution is -0.122. The zero-order chi connectivity index (χ0) is 29.1. The molecule has 2 aromatic carbocycles. The second kappa shape index (κ2) is 15.3. The number of aliphatic hydroxyl groups is 1. The van der Waals surface area contributed by atoms with Gasteiger partial charge in [0.1, 0.15) is 11.6 Å². The van der Waals surface area contributed by atoms with Gasteiger partial charge in [0.05, 0.1) is 18.2 Å². The molecule has 0 spiro atoms. The largest absolute Gasteiger partial charge is 0.390 e. The van der Waals surface area contributed by atoms with Crippen molar-refractivity contribution in [2.75, 3.05) is 26.7 Å². The molecule has 0 aromatic heterocycles. The van der Waals surface area contributed by atoms with Crippen LogP contribution in [-0.2, 0) is 11.2 Å². The molecule has 0 saturated heterocycles. The summed E-state index contributed by atoms with van der Waals surface area (Å²) in [6, 6.07) is 6.30. The van der Waals surface area contributed by atoms with E-state index in [1.807, 2.05) is 13.8 Å². The number of benzene rings is 2. The van der Waals surface area contributed by atoms with Gasteiger partial charge in [-0.05, 0) is 74.6 Å². The first-order valence-corrected chi connectivity index (χ1v) is 13.3. The topological polar surface area (TPSA) is 111 Å². The normalized spacial score (nSPS) is 13.3. The molecule has 39 heavy (non-hydrogen) atoms. The maximum absolute atomic E-state index is 13.8. The Morgan fingerprint density at radius 3 is 2.10 bits per heavy atom. The van der Waals surface area contributed by atoms with Crippen LogP contribution in [0.3, 0.4) is 0 Å². The second-order valence-electron chi connectivity index (χ2n) is 9.75. The summed E-state index contributed by atoms with van der Waals surface area (Å²) >= 11 is 0. The Balaban J connectivity index is 2.31. The molecule has 214 valence electrons. The molecule has 4 N–H and O–H groups in total. The van der Waals surface area contributed by atoms with Crippen molar-refractivity contribution in [2.24, 2.45) is 0 Å². The van der Waals surface area contributed by atoms with Gasteiger partial charge in [-0.2, -0.15) is 0 Å². The molecule has 3 atom stereocenters. The fourth-order valence-electron chi connectivity index (χ4n) is 4.34. The molecular weight excluding hydrogens is 506 g/mol. The van der Waals surface area contributed by atoms with Crippen molar-refractivity contribution < 1.29 is 28.3 Å². The highest BCUT2D eigenvalue weighted by Gasteiger charge is 2.25. The van der Waals surface area contributed by atoms with Crippen molar-refractivity contribution in [1.29, 1.82) is 0 Å². The molecule has 3 amide bonds. The van der Waals surface area contributed by atoms with Crippen LogP contribution in [0.1, 0.15) is 65.5 Å². The zero-order valence-electron chi connectivity index (χ0n) is 23.3. The van der Waals surface area contributed by atoms with Crippen LogP contribution >= 0.6 is 0 Å². The van der Waals surface area contributed by atoms with Crippen molar-refractivity contribution in [3.05, 3.63) is 70.3 Å². The van der Waals surface area contributed by atoms with E-state index in [-0.39, 0.29) is 35.9 Å². The number of hydrogen-bond donors (Lipinski definition) is 4. The van der Waals surface area contributed by atoms with E-state index in [0.29, 0.717) is 24.2 Å². The molecule has 0 bridgehead atoms. The first-order valence-electron chi connectivity index (χ1n) is 13.3. The number of carbonyl (C=O) groups is 3. The maximum atomic E-state index is 13.8. The van der Waals surface area contributed by atoms with Gasteiger partial charge in [-0.1, -0.05) is 13.8 Å². The quantitative estimate of drug-likeness (QED) is 0.291. The van der Waals surface area contributed by atoms with Gasteiger partial charge in [0, 0.05) is 43.9 Å². The molecule has 0 radical (unpaired) electrons. The van der Waals surface area contributed by atoms with Crippen LogP contribution in [0.2, 0.25) is 0 Å². The monoisotopic (exact) mass is 546 g/mol. The third-order valence-electron chi connectivity index (χ3n) is 6.29. The molecule has 10 heteroatoms. The number of hydrogen-bond acceptors (Lipinski definition) is 5. The fourth-order valence-corrected chi connectivity index (χ4v) is 4.34. The first-order chi connectivity index (χ1) is 18.5. The minimum Gasteiger partial charge on any atom is -0.390 e. The molecule has 2 aromatic rings. The van der Waals surface area contributed by atoms with Gasteiger partial charge in [-0.25, -0.2) is 8.78 Å². The predicted octanol–water partition coefficient (Wildman–Crippen LogP) is 2.96. The number of aryl methyl sites for hydroxylation is 1. The third-order valence-corrected chi connectivity index (χ3v) is 6.29. The van der Waals surface area contributed by atoms with Gasteiger partial charge in [-0.15, -0.1) is 0 Å². The summed E-state index contributed by atoms with van der Waals surface area (Å²) in [6.07, 6.45) is 0.328. The number of likely N-dealkylation sites (N-methyl/N-ethyl adjacent to an activating group) is 1. The Labute approximate surface area is 229 Å². The van der Waals surface area contributed by atoms with E-state index in [1.165, 1.54) is 13.1 Å². The Morgan fingerprint density at radius 1 is 0.949 bits per heavy atom. The number of nitrogens with one attached hydrogen (secondary N) is 3. The van der Waals surface area contributed by atoms with Crippen molar-refractivity contribution in [1.82, 2.24) is 20.9 Å². The van der Waals surface area contributed by atoms with Crippen LogP contribution < -0.4 is 16.0 Å². The lowest BCUT2D eigenvalue weighted by Gasteiger charge is -2.26. The summed E-state index contributed by atoms with van der Waals surface area (Å²) in [5.74, 6) is -2.56. The molecule has 0 heterocycles.